The summed E-state index contributed by atoms with van der Waals surface area (Å²) < 4.78 is 0. The Morgan fingerprint density at radius 2 is 0.789 bits per heavy atom. The van der Waals surface area contributed by atoms with Crippen LogP contribution in [0.5, 0.6) is 0 Å². The molecule has 0 unspecified atom stereocenters. The summed E-state index contributed by atoms with van der Waals surface area (Å²) in [5.41, 5.74) is -0.522. The van der Waals surface area contributed by atoms with Gasteiger partial charge in [0, 0.05) is 33.6 Å². The van der Waals surface area contributed by atoms with Gasteiger partial charge in [-0.1, -0.05) is 23.7 Å². The molecule has 0 aliphatic carbocycles. The van der Waals surface area contributed by atoms with E-state index in [1.54, 1.807) is 0 Å². The Labute approximate surface area is 217 Å². The zero-order valence-electron chi connectivity index (χ0n) is 19.5. The maximum atomic E-state index is 13.0. The zero-order valence-corrected chi connectivity index (χ0v) is 19.5. The number of anilines is 2. The summed E-state index contributed by atoms with van der Waals surface area (Å²) in [6, 6.07) is 10.4. The molecular formula is C30H16N2O6. The lowest BCUT2D eigenvalue weighted by Crippen LogP contribution is -2.22. The number of carbonyl (C=O) groups is 4. The number of benzene rings is 3. The molecule has 0 aliphatic heterocycles. The predicted octanol–water partition coefficient (Wildman–Crippen LogP) is 3.51. The molecule has 0 aliphatic rings. The number of aromatic carboxylic acids is 2. The first kappa shape index (κ1) is 26.4. The molecule has 3 aromatic rings. The van der Waals surface area contributed by atoms with Crippen LogP contribution in [0.25, 0.3) is 0 Å². The Morgan fingerprint density at radius 1 is 0.500 bits per heavy atom. The number of hydrogen-bond donors (Lipinski definition) is 4. The molecule has 3 rings (SSSR count). The minimum Gasteiger partial charge on any atom is -0.478 e. The molecule has 0 fully saturated rings. The van der Waals surface area contributed by atoms with E-state index in [0.29, 0.717) is 22.3 Å². The summed E-state index contributed by atoms with van der Waals surface area (Å²) in [7, 11) is 0. The van der Waals surface area contributed by atoms with E-state index in [9.17, 15) is 29.4 Å². The normalized spacial score (nSPS) is 9.58. The van der Waals surface area contributed by atoms with Crippen LogP contribution in [-0.2, 0) is 0 Å². The summed E-state index contributed by atoms with van der Waals surface area (Å²) in [5.74, 6) is 4.43. The van der Waals surface area contributed by atoms with Crippen LogP contribution in [0, 0.1) is 49.4 Å². The number of carboxylic acid groups (broad SMARTS) is 2. The molecule has 3 aromatic carbocycles. The first-order valence-electron chi connectivity index (χ1n) is 10.5. The van der Waals surface area contributed by atoms with Crippen molar-refractivity contribution in [1.82, 2.24) is 0 Å². The van der Waals surface area contributed by atoms with Gasteiger partial charge in [-0.3, -0.25) is 9.59 Å². The van der Waals surface area contributed by atoms with Crippen LogP contribution in [0.4, 0.5) is 11.4 Å². The third-order valence-corrected chi connectivity index (χ3v) is 5.16. The summed E-state index contributed by atoms with van der Waals surface area (Å²) in [5, 5.41) is 24.4. The van der Waals surface area contributed by atoms with Gasteiger partial charge >= 0.3 is 11.9 Å². The van der Waals surface area contributed by atoms with Gasteiger partial charge < -0.3 is 20.8 Å². The molecule has 38 heavy (non-hydrogen) atoms. The van der Waals surface area contributed by atoms with Crippen LogP contribution in [0.2, 0.25) is 0 Å². The quantitative estimate of drug-likeness (QED) is 0.383. The van der Waals surface area contributed by atoms with E-state index in [1.807, 2.05) is 0 Å². The van der Waals surface area contributed by atoms with Crippen molar-refractivity contribution >= 4 is 35.1 Å². The van der Waals surface area contributed by atoms with Crippen molar-refractivity contribution in [1.29, 1.82) is 0 Å². The van der Waals surface area contributed by atoms with Gasteiger partial charge in [0.2, 0.25) is 0 Å². The van der Waals surface area contributed by atoms with E-state index < -0.39 is 46.0 Å². The van der Waals surface area contributed by atoms with Gasteiger partial charge in [0.1, 0.15) is 0 Å². The van der Waals surface area contributed by atoms with Crippen LogP contribution in [0.3, 0.4) is 0 Å². The number of carboxylic acids is 2. The van der Waals surface area contributed by atoms with Gasteiger partial charge in [-0.05, 0) is 48.5 Å². The van der Waals surface area contributed by atoms with Gasteiger partial charge in [-0.25, -0.2) is 9.59 Å². The lowest BCUT2D eigenvalue weighted by molar-refractivity contribution is 0.0677. The summed E-state index contributed by atoms with van der Waals surface area (Å²) in [6.07, 6.45) is 21.6. The minimum absolute atomic E-state index is 0.158. The first-order chi connectivity index (χ1) is 18.1. The maximum Gasteiger partial charge on any atom is 0.336 e. The number of rotatable bonds is 6. The Bertz CT molecular complexity index is 1510. The number of amides is 2. The second kappa shape index (κ2) is 11.0. The molecule has 0 aromatic heterocycles. The maximum absolute atomic E-state index is 13.0. The lowest BCUT2D eigenvalue weighted by Gasteiger charge is -2.14. The van der Waals surface area contributed by atoms with Gasteiger partial charge in [0.05, 0.1) is 22.3 Å². The summed E-state index contributed by atoms with van der Waals surface area (Å²) >= 11 is 0. The molecule has 8 nitrogen and oxygen atoms in total. The van der Waals surface area contributed by atoms with Gasteiger partial charge in [-0.15, -0.1) is 25.7 Å². The van der Waals surface area contributed by atoms with Crippen molar-refractivity contribution in [3.63, 3.8) is 0 Å². The van der Waals surface area contributed by atoms with Crippen LogP contribution in [-0.4, -0.2) is 34.0 Å². The van der Waals surface area contributed by atoms with Crippen molar-refractivity contribution in [3.05, 3.63) is 93.0 Å². The molecule has 0 spiro atoms. The van der Waals surface area contributed by atoms with E-state index in [2.05, 4.69) is 34.3 Å². The van der Waals surface area contributed by atoms with E-state index >= 15 is 0 Å². The minimum atomic E-state index is -1.58. The number of carbonyl (C=O) groups excluding carboxylic acids is 2. The Morgan fingerprint density at radius 3 is 1.03 bits per heavy atom. The van der Waals surface area contributed by atoms with Crippen molar-refractivity contribution in [2.45, 2.75) is 0 Å². The first-order valence-corrected chi connectivity index (χ1v) is 10.5. The lowest BCUT2D eigenvalue weighted by atomic mass is 9.96. The zero-order chi connectivity index (χ0) is 28.0. The number of hydrogen-bond acceptors (Lipinski definition) is 4. The highest BCUT2D eigenvalue weighted by atomic mass is 16.4. The van der Waals surface area contributed by atoms with Crippen molar-refractivity contribution in [2.24, 2.45) is 0 Å². The van der Waals surface area contributed by atoms with Crippen LogP contribution < -0.4 is 10.6 Å². The molecule has 0 saturated heterocycles. The Kier molecular flexibility index (Phi) is 7.65. The number of nitrogens with one attached hydrogen (secondary N) is 2. The van der Waals surface area contributed by atoms with E-state index in [1.165, 1.54) is 36.4 Å². The fraction of sp³-hybridized carbons (Fsp3) is 0. The molecular weight excluding hydrogens is 484 g/mol. The Balaban J connectivity index is 2.07. The molecule has 0 heterocycles. The smallest absolute Gasteiger partial charge is 0.336 e. The molecule has 2 amide bonds. The largest absolute Gasteiger partial charge is 0.478 e. The molecule has 0 bridgehead atoms. The SMILES string of the molecule is C#Cc1cc(C#C)cc(NC(=O)c2cc(C(=O)O)c(C(=O)Nc3cc(C#C)cc(C#C)c3)cc2C(=O)O)c1. The average molecular weight is 500 g/mol. The third kappa shape index (κ3) is 5.70. The average Bonchev–Trinajstić information content (AvgIpc) is 2.91. The van der Waals surface area contributed by atoms with E-state index in [4.69, 9.17) is 25.7 Å². The predicted molar refractivity (Wildman–Crippen MR) is 141 cm³/mol. The van der Waals surface area contributed by atoms with Gasteiger partial charge in [-0.2, -0.15) is 0 Å². The van der Waals surface area contributed by atoms with Crippen LogP contribution in [0.15, 0.2) is 48.5 Å². The van der Waals surface area contributed by atoms with Gasteiger partial charge in [0.25, 0.3) is 11.8 Å². The summed E-state index contributed by atoms with van der Waals surface area (Å²) in [6.45, 7) is 0. The van der Waals surface area contributed by atoms with E-state index in [-0.39, 0.29) is 11.4 Å². The topological polar surface area (TPSA) is 133 Å². The number of terminal acetylenes is 4. The van der Waals surface area contributed by atoms with Crippen molar-refractivity contribution < 1.29 is 29.4 Å². The molecule has 0 atom stereocenters. The van der Waals surface area contributed by atoms with Crippen molar-refractivity contribution in [2.75, 3.05) is 10.6 Å². The van der Waals surface area contributed by atoms with E-state index in [0.717, 1.165) is 12.1 Å². The molecule has 0 radical (unpaired) electrons. The second-order valence-electron chi connectivity index (χ2n) is 7.64. The Hall–Kier alpha value is -6.22. The second-order valence-corrected chi connectivity index (χ2v) is 7.64. The van der Waals surface area contributed by atoms with Crippen molar-refractivity contribution in [3.8, 4) is 49.4 Å². The standard InChI is InChI=1S/C30H16N2O6/c1-5-17-9-18(6-2)12-21(11-17)31-27(33)23-15-26(30(37)38)24(16-25(23)29(35)36)28(34)32-22-13-19(7-3)10-20(8-4)14-22/h1-4,9-16H,(H,31,33)(H,32,34)(H,35,36)(H,37,38). The van der Waals surface area contributed by atoms with Crippen LogP contribution >= 0.6 is 0 Å². The highest BCUT2D eigenvalue weighted by molar-refractivity contribution is 6.16. The monoisotopic (exact) mass is 500 g/mol. The highest BCUT2D eigenvalue weighted by Crippen LogP contribution is 2.23. The molecule has 182 valence electrons. The fourth-order valence-corrected chi connectivity index (χ4v) is 3.46. The van der Waals surface area contributed by atoms with Crippen LogP contribution in [0.1, 0.15) is 63.7 Å². The third-order valence-electron chi connectivity index (χ3n) is 5.16. The highest BCUT2D eigenvalue weighted by Gasteiger charge is 2.26. The van der Waals surface area contributed by atoms with Gasteiger partial charge in [0.15, 0.2) is 0 Å². The molecule has 0 saturated carbocycles. The molecule has 4 N–H and O–H groups in total. The fourth-order valence-electron chi connectivity index (χ4n) is 3.46. The summed E-state index contributed by atoms with van der Waals surface area (Å²) in [4.78, 5) is 50.0. The molecule has 8 heteroatoms.